The van der Waals surface area contributed by atoms with E-state index in [9.17, 15) is 4.79 Å². The third kappa shape index (κ3) is 4.19. The number of hydrazine groups is 1. The normalized spacial score (nSPS) is 19.1. The SMILES string of the molecule is CCCCC(CC)C1CCN(C(=O)NN)CC1. The number of carbonyl (C=O) groups excluding carboxylic acids is 1. The van der Waals surface area contributed by atoms with E-state index in [0.717, 1.165) is 37.8 Å². The molecule has 1 rings (SSSR count). The molecule has 1 unspecified atom stereocenters. The highest BCUT2D eigenvalue weighted by atomic mass is 16.2. The first-order chi connectivity index (χ1) is 8.22. The Labute approximate surface area is 105 Å². The highest BCUT2D eigenvalue weighted by Gasteiger charge is 2.26. The van der Waals surface area contributed by atoms with Crippen LogP contribution in [0, 0.1) is 11.8 Å². The van der Waals surface area contributed by atoms with Crippen molar-refractivity contribution in [3.8, 4) is 0 Å². The Bertz CT molecular complexity index is 225. The Balaban J connectivity index is 2.36. The summed E-state index contributed by atoms with van der Waals surface area (Å²) in [5, 5.41) is 0. The molecule has 4 heteroatoms. The average molecular weight is 241 g/mol. The number of amides is 2. The fraction of sp³-hybridized carbons (Fsp3) is 0.923. The van der Waals surface area contributed by atoms with Crippen LogP contribution in [0.5, 0.6) is 0 Å². The van der Waals surface area contributed by atoms with Gasteiger partial charge < -0.3 is 4.90 Å². The molecule has 1 heterocycles. The highest BCUT2D eigenvalue weighted by molar-refractivity contribution is 5.73. The second-order valence-electron chi connectivity index (χ2n) is 5.08. The van der Waals surface area contributed by atoms with Gasteiger partial charge in [-0.25, -0.2) is 10.6 Å². The number of carbonyl (C=O) groups is 1. The van der Waals surface area contributed by atoms with Crippen LogP contribution in [-0.2, 0) is 0 Å². The lowest BCUT2D eigenvalue weighted by Gasteiger charge is -2.35. The summed E-state index contributed by atoms with van der Waals surface area (Å²) in [6.07, 6.45) is 7.51. The van der Waals surface area contributed by atoms with Gasteiger partial charge >= 0.3 is 6.03 Å². The van der Waals surface area contributed by atoms with Crippen LogP contribution in [0.25, 0.3) is 0 Å². The summed E-state index contributed by atoms with van der Waals surface area (Å²) in [5.41, 5.74) is 2.21. The Morgan fingerprint density at radius 3 is 2.53 bits per heavy atom. The van der Waals surface area contributed by atoms with E-state index in [0.29, 0.717) is 0 Å². The van der Waals surface area contributed by atoms with Crippen LogP contribution in [0.2, 0.25) is 0 Å². The minimum atomic E-state index is -0.134. The van der Waals surface area contributed by atoms with Crippen molar-refractivity contribution in [1.29, 1.82) is 0 Å². The second-order valence-corrected chi connectivity index (χ2v) is 5.08. The topological polar surface area (TPSA) is 58.4 Å². The molecule has 2 amide bonds. The minimum Gasteiger partial charge on any atom is -0.324 e. The van der Waals surface area contributed by atoms with Gasteiger partial charge in [0.15, 0.2) is 0 Å². The molecule has 1 saturated heterocycles. The number of urea groups is 1. The summed E-state index contributed by atoms with van der Waals surface area (Å²) in [4.78, 5) is 13.2. The predicted molar refractivity (Wildman–Crippen MR) is 70.3 cm³/mol. The van der Waals surface area contributed by atoms with Crippen molar-refractivity contribution in [3.63, 3.8) is 0 Å². The molecule has 0 radical (unpaired) electrons. The summed E-state index contributed by atoms with van der Waals surface area (Å²) in [6.45, 7) is 6.26. The smallest absolute Gasteiger partial charge is 0.324 e. The first-order valence-corrected chi connectivity index (χ1v) is 6.98. The fourth-order valence-electron chi connectivity index (χ4n) is 2.90. The van der Waals surface area contributed by atoms with Gasteiger partial charge in [-0.1, -0.05) is 39.5 Å². The number of hydrogen-bond donors (Lipinski definition) is 2. The number of nitrogens with one attached hydrogen (secondary N) is 1. The fourth-order valence-corrected chi connectivity index (χ4v) is 2.90. The molecule has 100 valence electrons. The van der Waals surface area contributed by atoms with Crippen LogP contribution < -0.4 is 11.3 Å². The lowest BCUT2D eigenvalue weighted by Crippen LogP contribution is -2.47. The molecule has 1 fully saturated rings. The first-order valence-electron chi connectivity index (χ1n) is 6.98. The number of nitrogens with zero attached hydrogens (tertiary/aromatic N) is 1. The number of unbranched alkanes of at least 4 members (excludes halogenated alkanes) is 1. The van der Waals surface area contributed by atoms with Crippen molar-refractivity contribution < 1.29 is 4.79 Å². The summed E-state index contributed by atoms with van der Waals surface area (Å²) >= 11 is 0. The maximum absolute atomic E-state index is 11.4. The zero-order valence-electron chi connectivity index (χ0n) is 11.2. The molecule has 0 aliphatic carbocycles. The molecule has 17 heavy (non-hydrogen) atoms. The molecule has 3 N–H and O–H groups in total. The number of rotatable bonds is 5. The van der Waals surface area contributed by atoms with Crippen molar-refractivity contribution in [2.45, 2.75) is 52.4 Å². The van der Waals surface area contributed by atoms with E-state index >= 15 is 0 Å². The van der Waals surface area contributed by atoms with Gasteiger partial charge in [-0.3, -0.25) is 5.43 Å². The van der Waals surface area contributed by atoms with Gasteiger partial charge in [0.25, 0.3) is 0 Å². The standard InChI is InChI=1S/C13H27N3O/c1-3-5-6-11(4-2)12-7-9-16(10-8-12)13(17)15-14/h11-12H,3-10,14H2,1-2H3,(H,15,17). The van der Waals surface area contributed by atoms with Crippen LogP contribution in [0.3, 0.4) is 0 Å². The van der Waals surface area contributed by atoms with E-state index in [4.69, 9.17) is 5.84 Å². The van der Waals surface area contributed by atoms with Gasteiger partial charge in [0.05, 0.1) is 0 Å². The molecule has 4 nitrogen and oxygen atoms in total. The van der Waals surface area contributed by atoms with Crippen LogP contribution in [-0.4, -0.2) is 24.0 Å². The quantitative estimate of drug-likeness (QED) is 0.441. The second kappa shape index (κ2) is 7.54. The van der Waals surface area contributed by atoms with Crippen LogP contribution >= 0.6 is 0 Å². The van der Waals surface area contributed by atoms with Crippen molar-refractivity contribution in [2.75, 3.05) is 13.1 Å². The molecule has 1 atom stereocenters. The van der Waals surface area contributed by atoms with Gasteiger partial charge in [-0.15, -0.1) is 0 Å². The first kappa shape index (κ1) is 14.3. The summed E-state index contributed by atoms with van der Waals surface area (Å²) < 4.78 is 0. The Morgan fingerprint density at radius 2 is 2.06 bits per heavy atom. The van der Waals surface area contributed by atoms with Gasteiger partial charge in [-0.05, 0) is 24.7 Å². The Hall–Kier alpha value is -0.770. The maximum Gasteiger partial charge on any atom is 0.331 e. The summed E-state index contributed by atoms with van der Waals surface area (Å²) in [7, 11) is 0. The Morgan fingerprint density at radius 1 is 1.41 bits per heavy atom. The van der Waals surface area contributed by atoms with E-state index in [1.165, 1.54) is 25.7 Å². The van der Waals surface area contributed by atoms with E-state index in [2.05, 4.69) is 19.3 Å². The third-order valence-corrected chi connectivity index (χ3v) is 4.07. The highest BCUT2D eigenvalue weighted by Crippen LogP contribution is 2.30. The molecule has 0 aromatic heterocycles. The van der Waals surface area contributed by atoms with Gasteiger partial charge in [0.1, 0.15) is 0 Å². The minimum absolute atomic E-state index is 0.134. The van der Waals surface area contributed by atoms with Gasteiger partial charge in [0, 0.05) is 13.1 Å². The van der Waals surface area contributed by atoms with Crippen molar-refractivity contribution in [1.82, 2.24) is 10.3 Å². The average Bonchev–Trinajstić information content (AvgIpc) is 2.39. The van der Waals surface area contributed by atoms with E-state index < -0.39 is 0 Å². The molecule has 0 aromatic rings. The third-order valence-electron chi connectivity index (χ3n) is 4.07. The number of hydrogen-bond acceptors (Lipinski definition) is 2. The summed E-state index contributed by atoms with van der Waals surface area (Å²) in [6, 6.07) is -0.134. The largest absolute Gasteiger partial charge is 0.331 e. The van der Waals surface area contributed by atoms with E-state index in [1.807, 2.05) is 4.90 Å². The monoisotopic (exact) mass is 241 g/mol. The molecule has 0 aromatic carbocycles. The van der Waals surface area contributed by atoms with E-state index in [1.54, 1.807) is 0 Å². The zero-order valence-corrected chi connectivity index (χ0v) is 11.2. The molecule has 0 bridgehead atoms. The van der Waals surface area contributed by atoms with Gasteiger partial charge in [0.2, 0.25) is 0 Å². The van der Waals surface area contributed by atoms with E-state index in [-0.39, 0.29) is 6.03 Å². The van der Waals surface area contributed by atoms with Crippen molar-refractivity contribution >= 4 is 6.03 Å². The molecular formula is C13H27N3O. The maximum atomic E-state index is 11.4. The number of likely N-dealkylation sites (tertiary alicyclic amines) is 1. The van der Waals surface area contributed by atoms with Crippen LogP contribution in [0.1, 0.15) is 52.4 Å². The predicted octanol–water partition coefficient (Wildman–Crippen LogP) is 2.50. The zero-order chi connectivity index (χ0) is 12.7. The van der Waals surface area contributed by atoms with Gasteiger partial charge in [-0.2, -0.15) is 0 Å². The molecular weight excluding hydrogens is 214 g/mol. The lowest BCUT2D eigenvalue weighted by molar-refractivity contribution is 0.144. The van der Waals surface area contributed by atoms with Crippen LogP contribution in [0.15, 0.2) is 0 Å². The summed E-state index contributed by atoms with van der Waals surface area (Å²) in [5.74, 6) is 6.79. The molecule has 0 spiro atoms. The van der Waals surface area contributed by atoms with Crippen LogP contribution in [0.4, 0.5) is 4.79 Å². The molecule has 1 aliphatic rings. The van der Waals surface area contributed by atoms with Crippen molar-refractivity contribution in [3.05, 3.63) is 0 Å². The molecule has 0 saturated carbocycles. The van der Waals surface area contributed by atoms with Crippen molar-refractivity contribution in [2.24, 2.45) is 17.7 Å². The number of nitrogens with two attached hydrogens (primary N) is 1. The molecule has 1 aliphatic heterocycles. The lowest BCUT2D eigenvalue weighted by atomic mass is 9.80. The Kier molecular flexibility index (Phi) is 6.34. The number of piperidine rings is 1.